The molecular weight excluding hydrogens is 240 g/mol. The fourth-order valence-corrected chi connectivity index (χ4v) is 2.60. The van der Waals surface area contributed by atoms with E-state index in [-0.39, 0.29) is 6.04 Å². The highest BCUT2D eigenvalue weighted by atomic mass is 32.1. The third kappa shape index (κ3) is 2.70. The van der Waals surface area contributed by atoms with Gasteiger partial charge < -0.3 is 5.32 Å². The molecule has 0 aliphatic heterocycles. The molecule has 4 heteroatoms. The van der Waals surface area contributed by atoms with Crippen LogP contribution in [-0.4, -0.2) is 7.05 Å². The summed E-state index contributed by atoms with van der Waals surface area (Å²) in [4.78, 5) is 1.12. The first-order chi connectivity index (χ1) is 8.22. The van der Waals surface area contributed by atoms with Crippen LogP contribution in [0.5, 0.6) is 0 Å². The normalized spacial score (nSPS) is 12.6. The van der Waals surface area contributed by atoms with E-state index in [2.05, 4.69) is 5.32 Å². The first kappa shape index (κ1) is 12.2. The Labute approximate surface area is 103 Å². The maximum Gasteiger partial charge on any atom is 0.162 e. The summed E-state index contributed by atoms with van der Waals surface area (Å²) in [5.74, 6) is -1.53. The molecule has 1 aromatic heterocycles. The summed E-state index contributed by atoms with van der Waals surface area (Å²) in [5, 5.41) is 5.09. The van der Waals surface area contributed by atoms with Gasteiger partial charge in [0, 0.05) is 10.9 Å². The molecule has 0 bridgehead atoms. The largest absolute Gasteiger partial charge is 0.312 e. The van der Waals surface area contributed by atoms with Gasteiger partial charge in [0.15, 0.2) is 11.6 Å². The lowest BCUT2D eigenvalue weighted by Gasteiger charge is -2.15. The molecule has 2 rings (SSSR count). The van der Waals surface area contributed by atoms with Gasteiger partial charge in [-0.15, -0.1) is 11.3 Å². The lowest BCUT2D eigenvalue weighted by Crippen LogP contribution is -2.18. The second-order valence-corrected chi connectivity index (χ2v) is 4.75. The smallest absolute Gasteiger partial charge is 0.162 e. The van der Waals surface area contributed by atoms with Gasteiger partial charge in [0.1, 0.15) is 0 Å². The molecule has 0 saturated carbocycles. The number of likely N-dealkylation sites (N-methyl/N-ethyl adjacent to an activating group) is 1. The van der Waals surface area contributed by atoms with Crippen LogP contribution in [0.25, 0.3) is 0 Å². The van der Waals surface area contributed by atoms with Crippen LogP contribution in [-0.2, 0) is 6.42 Å². The Balaban J connectivity index is 2.22. The van der Waals surface area contributed by atoms with Gasteiger partial charge in [0.2, 0.25) is 0 Å². The van der Waals surface area contributed by atoms with E-state index in [1.165, 1.54) is 6.07 Å². The molecule has 1 unspecified atom stereocenters. The van der Waals surface area contributed by atoms with Crippen molar-refractivity contribution in [2.45, 2.75) is 12.5 Å². The average molecular weight is 253 g/mol. The Kier molecular flexibility index (Phi) is 3.86. The molecule has 0 aliphatic rings. The van der Waals surface area contributed by atoms with Crippen LogP contribution in [0.1, 0.15) is 16.5 Å². The highest BCUT2D eigenvalue weighted by Crippen LogP contribution is 2.24. The fourth-order valence-electron chi connectivity index (χ4n) is 1.76. The fraction of sp³-hybridized carbons (Fsp3) is 0.231. The molecule has 90 valence electrons. The SMILES string of the molecule is CNC(Cc1cccc(F)c1F)c1cccs1. The maximum absolute atomic E-state index is 13.5. The molecule has 0 aliphatic carbocycles. The van der Waals surface area contributed by atoms with Crippen LogP contribution in [0.4, 0.5) is 8.78 Å². The maximum atomic E-state index is 13.5. The Bertz CT molecular complexity index is 482. The number of rotatable bonds is 4. The van der Waals surface area contributed by atoms with Crippen molar-refractivity contribution >= 4 is 11.3 Å². The summed E-state index contributed by atoms with van der Waals surface area (Å²) >= 11 is 1.61. The van der Waals surface area contributed by atoms with Crippen molar-refractivity contribution in [2.24, 2.45) is 0 Å². The Hall–Kier alpha value is -1.26. The van der Waals surface area contributed by atoms with E-state index >= 15 is 0 Å². The van der Waals surface area contributed by atoms with E-state index in [1.807, 2.05) is 24.6 Å². The van der Waals surface area contributed by atoms with Crippen LogP contribution in [0.2, 0.25) is 0 Å². The topological polar surface area (TPSA) is 12.0 Å². The highest BCUT2D eigenvalue weighted by molar-refractivity contribution is 7.10. The molecular formula is C13H13F2NS. The van der Waals surface area contributed by atoms with Gasteiger partial charge in [-0.3, -0.25) is 0 Å². The van der Waals surface area contributed by atoms with Gasteiger partial charge in [-0.1, -0.05) is 18.2 Å². The summed E-state index contributed by atoms with van der Waals surface area (Å²) in [6.07, 6.45) is 0.445. The molecule has 0 saturated heterocycles. The summed E-state index contributed by atoms with van der Waals surface area (Å²) in [6, 6.07) is 8.25. The number of halogens is 2. The van der Waals surface area contributed by atoms with Crippen molar-refractivity contribution in [3.8, 4) is 0 Å². The molecule has 1 heterocycles. The van der Waals surface area contributed by atoms with E-state index in [9.17, 15) is 8.78 Å². The Morgan fingerprint density at radius 3 is 2.71 bits per heavy atom. The Morgan fingerprint density at radius 2 is 2.06 bits per heavy atom. The standard InChI is InChI=1S/C13H13F2NS/c1-16-11(12-6-3-7-17-12)8-9-4-2-5-10(14)13(9)15/h2-7,11,16H,8H2,1H3. The third-order valence-electron chi connectivity index (χ3n) is 2.69. The van der Waals surface area contributed by atoms with Crippen molar-refractivity contribution in [3.63, 3.8) is 0 Å². The van der Waals surface area contributed by atoms with Gasteiger partial charge in [0.25, 0.3) is 0 Å². The monoisotopic (exact) mass is 253 g/mol. The lowest BCUT2D eigenvalue weighted by atomic mass is 10.0. The quantitative estimate of drug-likeness (QED) is 0.879. The first-order valence-electron chi connectivity index (χ1n) is 5.36. The average Bonchev–Trinajstić information content (AvgIpc) is 2.85. The molecule has 1 aromatic carbocycles. The van der Waals surface area contributed by atoms with Crippen LogP contribution in [0.3, 0.4) is 0 Å². The van der Waals surface area contributed by atoms with Crippen molar-refractivity contribution in [3.05, 3.63) is 57.8 Å². The highest BCUT2D eigenvalue weighted by Gasteiger charge is 2.15. The molecule has 0 amide bonds. The summed E-state index contributed by atoms with van der Waals surface area (Å²) < 4.78 is 26.6. The first-order valence-corrected chi connectivity index (χ1v) is 6.24. The van der Waals surface area contributed by atoms with Gasteiger partial charge in [-0.25, -0.2) is 8.78 Å². The van der Waals surface area contributed by atoms with Crippen molar-refractivity contribution < 1.29 is 8.78 Å². The number of hydrogen-bond donors (Lipinski definition) is 1. The van der Waals surface area contributed by atoms with Crippen LogP contribution >= 0.6 is 11.3 Å². The molecule has 0 spiro atoms. The molecule has 17 heavy (non-hydrogen) atoms. The van der Waals surface area contributed by atoms with Crippen molar-refractivity contribution in [1.82, 2.24) is 5.32 Å². The molecule has 1 atom stereocenters. The van der Waals surface area contributed by atoms with Crippen LogP contribution < -0.4 is 5.32 Å². The minimum absolute atomic E-state index is 0.0197. The molecule has 1 N–H and O–H groups in total. The second kappa shape index (κ2) is 5.38. The number of benzene rings is 1. The molecule has 0 radical (unpaired) electrons. The number of thiophene rings is 1. The third-order valence-corrected chi connectivity index (χ3v) is 3.68. The Morgan fingerprint density at radius 1 is 1.24 bits per heavy atom. The summed E-state index contributed by atoms with van der Waals surface area (Å²) in [7, 11) is 1.82. The number of nitrogens with one attached hydrogen (secondary N) is 1. The minimum Gasteiger partial charge on any atom is -0.312 e. The van der Waals surface area contributed by atoms with Gasteiger partial charge in [-0.05, 0) is 36.5 Å². The number of hydrogen-bond acceptors (Lipinski definition) is 2. The van der Waals surface area contributed by atoms with E-state index in [1.54, 1.807) is 17.4 Å². The van der Waals surface area contributed by atoms with Crippen LogP contribution in [0, 0.1) is 11.6 Å². The van der Waals surface area contributed by atoms with E-state index in [0.29, 0.717) is 12.0 Å². The minimum atomic E-state index is -0.788. The zero-order valence-electron chi connectivity index (χ0n) is 9.41. The molecule has 2 aromatic rings. The van der Waals surface area contributed by atoms with Gasteiger partial charge in [-0.2, -0.15) is 0 Å². The molecule has 1 nitrogen and oxygen atoms in total. The van der Waals surface area contributed by atoms with E-state index in [4.69, 9.17) is 0 Å². The van der Waals surface area contributed by atoms with E-state index in [0.717, 1.165) is 10.9 Å². The van der Waals surface area contributed by atoms with Crippen LogP contribution in [0.15, 0.2) is 35.7 Å². The van der Waals surface area contributed by atoms with Gasteiger partial charge >= 0.3 is 0 Å². The zero-order chi connectivity index (χ0) is 12.3. The zero-order valence-corrected chi connectivity index (χ0v) is 10.2. The van der Waals surface area contributed by atoms with E-state index < -0.39 is 11.6 Å². The summed E-state index contributed by atoms with van der Waals surface area (Å²) in [6.45, 7) is 0. The molecule has 0 fully saturated rings. The van der Waals surface area contributed by atoms with Crippen molar-refractivity contribution in [1.29, 1.82) is 0 Å². The van der Waals surface area contributed by atoms with Crippen molar-refractivity contribution in [2.75, 3.05) is 7.05 Å². The predicted molar refractivity (Wildman–Crippen MR) is 66.2 cm³/mol. The predicted octanol–water partition coefficient (Wildman–Crippen LogP) is 3.53. The second-order valence-electron chi connectivity index (χ2n) is 3.77. The summed E-state index contributed by atoms with van der Waals surface area (Å²) in [5.41, 5.74) is 0.401. The van der Waals surface area contributed by atoms with Gasteiger partial charge in [0.05, 0.1) is 0 Å². The lowest BCUT2D eigenvalue weighted by molar-refractivity contribution is 0.488.